The molecule has 0 saturated carbocycles. The third kappa shape index (κ3) is 5.44. The lowest BCUT2D eigenvalue weighted by molar-refractivity contribution is -0.137. The van der Waals surface area contributed by atoms with Gasteiger partial charge in [-0.1, -0.05) is 6.07 Å². The van der Waals surface area contributed by atoms with Crippen molar-refractivity contribution in [1.82, 2.24) is 15.0 Å². The molecule has 9 nitrogen and oxygen atoms in total. The summed E-state index contributed by atoms with van der Waals surface area (Å²) >= 11 is 0. The SMILES string of the molecule is Nc1cc(C(F)(F)F)c(-c2cc(N3CCOCC3)nc(Nc3cccc(N4CCOCC4)c3)n2)cn1. The Labute approximate surface area is 206 Å². The van der Waals surface area contributed by atoms with E-state index < -0.39 is 11.7 Å². The standard InChI is InChI=1S/C24H26F3N7O2/c25-24(26,27)19-13-21(28)29-15-18(19)20-14-22(34-6-10-36-11-7-34)32-23(31-20)30-16-2-1-3-17(12-16)33-4-8-35-9-5-33/h1-3,12-15H,4-11H2,(H2,28,29)(H,30,31,32). The molecule has 0 aliphatic carbocycles. The molecule has 3 aromatic rings. The Hall–Kier alpha value is -3.64. The largest absolute Gasteiger partial charge is 0.417 e. The molecule has 12 heteroatoms. The van der Waals surface area contributed by atoms with Gasteiger partial charge in [-0.2, -0.15) is 18.2 Å². The molecule has 2 fully saturated rings. The van der Waals surface area contributed by atoms with Crippen molar-refractivity contribution < 1.29 is 22.6 Å². The average molecular weight is 502 g/mol. The van der Waals surface area contributed by atoms with Gasteiger partial charge in [0.05, 0.1) is 37.7 Å². The van der Waals surface area contributed by atoms with Crippen LogP contribution in [0, 0.1) is 0 Å². The summed E-state index contributed by atoms with van der Waals surface area (Å²) < 4.78 is 52.4. The lowest BCUT2D eigenvalue weighted by atomic mass is 10.1. The number of alkyl halides is 3. The predicted octanol–water partition coefficient (Wildman–Crippen LogP) is 3.56. The highest BCUT2D eigenvalue weighted by Crippen LogP contribution is 2.38. The monoisotopic (exact) mass is 501 g/mol. The first-order chi connectivity index (χ1) is 17.4. The maximum atomic E-state index is 13.9. The van der Waals surface area contributed by atoms with Gasteiger partial charge < -0.3 is 30.3 Å². The number of nitrogen functional groups attached to an aromatic ring is 1. The van der Waals surface area contributed by atoms with Gasteiger partial charge in [-0.25, -0.2) is 9.97 Å². The molecule has 2 aliphatic heterocycles. The number of pyridine rings is 1. The highest BCUT2D eigenvalue weighted by Gasteiger charge is 2.35. The van der Waals surface area contributed by atoms with Crippen LogP contribution in [0.4, 0.5) is 42.1 Å². The lowest BCUT2D eigenvalue weighted by Crippen LogP contribution is -2.37. The number of rotatable bonds is 5. The second-order valence-corrected chi connectivity index (χ2v) is 8.46. The smallest absolute Gasteiger partial charge is 0.384 e. The van der Waals surface area contributed by atoms with Gasteiger partial charge in [0.15, 0.2) is 0 Å². The fourth-order valence-corrected chi connectivity index (χ4v) is 4.22. The Morgan fingerprint density at radius 1 is 0.889 bits per heavy atom. The van der Waals surface area contributed by atoms with E-state index in [-0.39, 0.29) is 23.0 Å². The van der Waals surface area contributed by atoms with Gasteiger partial charge in [0.25, 0.3) is 0 Å². The Morgan fingerprint density at radius 2 is 1.58 bits per heavy atom. The average Bonchev–Trinajstić information content (AvgIpc) is 2.89. The van der Waals surface area contributed by atoms with Crippen LogP contribution in [-0.2, 0) is 15.7 Å². The Morgan fingerprint density at radius 3 is 2.28 bits per heavy atom. The zero-order valence-electron chi connectivity index (χ0n) is 19.5. The number of nitrogens with two attached hydrogens (primary N) is 1. The van der Waals surface area contributed by atoms with Gasteiger partial charge in [0.2, 0.25) is 5.95 Å². The minimum atomic E-state index is -4.63. The number of aromatic nitrogens is 3. The Balaban J connectivity index is 1.53. The van der Waals surface area contributed by atoms with E-state index in [0.29, 0.717) is 45.3 Å². The van der Waals surface area contributed by atoms with E-state index in [9.17, 15) is 13.2 Å². The van der Waals surface area contributed by atoms with E-state index >= 15 is 0 Å². The van der Waals surface area contributed by atoms with Gasteiger partial charge in [-0.15, -0.1) is 0 Å². The van der Waals surface area contributed by atoms with Gasteiger partial charge in [0, 0.05) is 55.4 Å². The van der Waals surface area contributed by atoms with E-state index in [0.717, 1.165) is 36.7 Å². The number of anilines is 5. The van der Waals surface area contributed by atoms with Crippen molar-refractivity contribution in [2.45, 2.75) is 6.18 Å². The summed E-state index contributed by atoms with van der Waals surface area (Å²) in [6.45, 7) is 5.00. The summed E-state index contributed by atoms with van der Waals surface area (Å²) in [6.07, 6.45) is -3.52. The van der Waals surface area contributed by atoms with Crippen LogP contribution in [0.25, 0.3) is 11.3 Å². The van der Waals surface area contributed by atoms with Crippen molar-refractivity contribution in [3.05, 3.63) is 48.2 Å². The normalized spacial score (nSPS) is 16.8. The molecule has 36 heavy (non-hydrogen) atoms. The zero-order valence-corrected chi connectivity index (χ0v) is 19.5. The molecule has 5 rings (SSSR count). The fraction of sp³-hybridized carbons (Fsp3) is 0.375. The number of benzene rings is 1. The highest BCUT2D eigenvalue weighted by molar-refractivity contribution is 5.71. The van der Waals surface area contributed by atoms with Crippen molar-refractivity contribution >= 4 is 29.0 Å². The predicted molar refractivity (Wildman–Crippen MR) is 130 cm³/mol. The van der Waals surface area contributed by atoms with Crippen LogP contribution >= 0.6 is 0 Å². The summed E-state index contributed by atoms with van der Waals surface area (Å²) in [7, 11) is 0. The fourth-order valence-electron chi connectivity index (χ4n) is 4.22. The molecule has 0 amide bonds. The summed E-state index contributed by atoms with van der Waals surface area (Å²) in [5, 5.41) is 3.18. The molecule has 0 radical (unpaired) electrons. The summed E-state index contributed by atoms with van der Waals surface area (Å²) in [5.41, 5.74) is 6.32. The van der Waals surface area contributed by atoms with Crippen molar-refractivity contribution in [3.8, 4) is 11.3 Å². The molecule has 2 aromatic heterocycles. The maximum Gasteiger partial charge on any atom is 0.417 e. The molecule has 0 spiro atoms. The third-order valence-electron chi connectivity index (χ3n) is 6.03. The van der Waals surface area contributed by atoms with E-state index in [2.05, 4.69) is 25.2 Å². The van der Waals surface area contributed by atoms with Gasteiger partial charge in [-0.05, 0) is 24.3 Å². The minimum Gasteiger partial charge on any atom is -0.384 e. The van der Waals surface area contributed by atoms with Crippen LogP contribution in [0.5, 0.6) is 0 Å². The van der Waals surface area contributed by atoms with Crippen molar-refractivity contribution in [3.63, 3.8) is 0 Å². The van der Waals surface area contributed by atoms with Gasteiger partial charge >= 0.3 is 6.18 Å². The quantitative estimate of drug-likeness (QED) is 0.543. The van der Waals surface area contributed by atoms with Crippen LogP contribution < -0.4 is 20.9 Å². The molecule has 2 aliphatic rings. The molecule has 1 aromatic carbocycles. The number of ether oxygens (including phenoxy) is 2. The van der Waals surface area contributed by atoms with Crippen LogP contribution in [0.1, 0.15) is 5.56 Å². The summed E-state index contributed by atoms with van der Waals surface area (Å²) in [4.78, 5) is 17.1. The molecule has 2 saturated heterocycles. The van der Waals surface area contributed by atoms with Crippen LogP contribution in [0.3, 0.4) is 0 Å². The van der Waals surface area contributed by atoms with Crippen LogP contribution in [0.15, 0.2) is 42.6 Å². The number of hydrogen-bond donors (Lipinski definition) is 2. The molecule has 4 heterocycles. The van der Waals surface area contributed by atoms with E-state index in [4.69, 9.17) is 15.2 Å². The number of hydrogen-bond acceptors (Lipinski definition) is 9. The molecule has 0 bridgehead atoms. The lowest BCUT2D eigenvalue weighted by Gasteiger charge is -2.29. The number of nitrogens with zero attached hydrogens (tertiary/aromatic N) is 5. The zero-order chi connectivity index (χ0) is 25.1. The van der Waals surface area contributed by atoms with Crippen molar-refractivity contribution in [2.75, 3.05) is 73.5 Å². The molecule has 3 N–H and O–H groups in total. The first kappa shape index (κ1) is 24.1. The second-order valence-electron chi connectivity index (χ2n) is 8.46. The van der Waals surface area contributed by atoms with Crippen LogP contribution in [0.2, 0.25) is 0 Å². The first-order valence-corrected chi connectivity index (χ1v) is 11.6. The van der Waals surface area contributed by atoms with Gasteiger partial charge in [0.1, 0.15) is 11.6 Å². The molecule has 190 valence electrons. The van der Waals surface area contributed by atoms with E-state index in [1.54, 1.807) is 6.07 Å². The van der Waals surface area contributed by atoms with E-state index in [1.807, 2.05) is 29.2 Å². The van der Waals surface area contributed by atoms with Gasteiger partial charge in [-0.3, -0.25) is 0 Å². The molecule has 0 atom stereocenters. The number of nitrogens with one attached hydrogen (secondary N) is 1. The second kappa shape index (κ2) is 10.2. The number of halogens is 3. The molecular formula is C24H26F3N7O2. The van der Waals surface area contributed by atoms with E-state index in [1.165, 1.54) is 0 Å². The maximum absolute atomic E-state index is 13.9. The molecule has 0 unspecified atom stereocenters. The Bertz CT molecular complexity index is 1210. The topological polar surface area (TPSA) is 102 Å². The Kier molecular flexibility index (Phi) is 6.79. The minimum absolute atomic E-state index is 0.0955. The van der Waals surface area contributed by atoms with Crippen molar-refractivity contribution in [2.24, 2.45) is 0 Å². The van der Waals surface area contributed by atoms with Crippen molar-refractivity contribution in [1.29, 1.82) is 0 Å². The number of morpholine rings is 2. The van der Waals surface area contributed by atoms with Crippen LogP contribution in [-0.4, -0.2) is 67.6 Å². The highest BCUT2D eigenvalue weighted by atomic mass is 19.4. The third-order valence-corrected chi connectivity index (χ3v) is 6.03. The molecular weight excluding hydrogens is 475 g/mol. The summed E-state index contributed by atoms with van der Waals surface area (Å²) in [6, 6.07) is 10.1. The first-order valence-electron chi connectivity index (χ1n) is 11.6. The summed E-state index contributed by atoms with van der Waals surface area (Å²) in [5.74, 6) is 0.463.